The van der Waals surface area contributed by atoms with E-state index in [2.05, 4.69) is 5.32 Å². The van der Waals surface area contributed by atoms with Gasteiger partial charge in [0.1, 0.15) is 0 Å². The molecule has 27 heavy (non-hydrogen) atoms. The summed E-state index contributed by atoms with van der Waals surface area (Å²) < 4.78 is 43.4. The zero-order valence-corrected chi connectivity index (χ0v) is 15.2. The van der Waals surface area contributed by atoms with Crippen LogP contribution in [0.4, 0.5) is 18.0 Å². The summed E-state index contributed by atoms with van der Waals surface area (Å²) >= 11 is 0. The summed E-state index contributed by atoms with van der Waals surface area (Å²) in [5.41, 5.74) is 0.273. The van der Waals surface area contributed by atoms with E-state index in [1.54, 1.807) is 26.1 Å². The van der Waals surface area contributed by atoms with Crippen LogP contribution in [-0.4, -0.2) is 30.2 Å². The Hall–Kier alpha value is -2.90. The van der Waals surface area contributed by atoms with Crippen LogP contribution in [0.25, 0.3) is 0 Å². The van der Waals surface area contributed by atoms with Crippen LogP contribution in [0, 0.1) is 0 Å². The highest BCUT2D eigenvalue weighted by molar-refractivity contribution is 5.74. The first-order chi connectivity index (χ1) is 12.6. The fourth-order valence-electron chi connectivity index (χ4n) is 2.54. The van der Waals surface area contributed by atoms with E-state index in [-0.39, 0.29) is 12.3 Å². The molecule has 2 aromatic rings. The predicted octanol–water partition coefficient (Wildman–Crippen LogP) is 4.32. The molecule has 8 heteroatoms. The van der Waals surface area contributed by atoms with E-state index in [0.717, 1.165) is 12.1 Å². The molecule has 2 aromatic carbocycles. The molecule has 0 aliphatic rings. The largest absolute Gasteiger partial charge is 0.504 e. The molecule has 146 valence electrons. The third kappa shape index (κ3) is 5.29. The molecule has 2 amide bonds. The van der Waals surface area contributed by atoms with Crippen molar-refractivity contribution in [2.75, 3.05) is 14.2 Å². The molecule has 0 saturated carbocycles. The number of carbonyl (C=O) groups excluding carboxylic acids is 1. The van der Waals surface area contributed by atoms with Gasteiger partial charge in [-0.25, -0.2) is 4.79 Å². The average molecular weight is 382 g/mol. The van der Waals surface area contributed by atoms with Crippen LogP contribution < -0.4 is 10.1 Å². The topological polar surface area (TPSA) is 61.8 Å². The van der Waals surface area contributed by atoms with Gasteiger partial charge in [-0.3, -0.25) is 0 Å². The SMILES string of the molecule is COc1ccc(CN(C)C(=O)NC(C)c2cccc(C(F)(F)F)c2)cc1O. The van der Waals surface area contributed by atoms with E-state index in [1.165, 1.54) is 30.2 Å². The van der Waals surface area contributed by atoms with Crippen LogP contribution >= 0.6 is 0 Å². The number of hydrogen-bond acceptors (Lipinski definition) is 3. The number of alkyl halides is 3. The van der Waals surface area contributed by atoms with Crippen LogP contribution in [0.15, 0.2) is 42.5 Å². The molecule has 0 radical (unpaired) electrons. The maximum atomic E-state index is 12.8. The smallest absolute Gasteiger partial charge is 0.416 e. The fraction of sp³-hybridized carbons (Fsp3) is 0.316. The Morgan fingerprint density at radius 2 is 1.96 bits per heavy atom. The zero-order valence-electron chi connectivity index (χ0n) is 15.2. The number of benzene rings is 2. The lowest BCUT2D eigenvalue weighted by molar-refractivity contribution is -0.137. The number of aromatic hydroxyl groups is 1. The number of nitrogens with zero attached hydrogens (tertiary/aromatic N) is 1. The van der Waals surface area contributed by atoms with Gasteiger partial charge in [-0.05, 0) is 42.3 Å². The van der Waals surface area contributed by atoms with Gasteiger partial charge < -0.3 is 20.1 Å². The fourth-order valence-corrected chi connectivity index (χ4v) is 2.54. The van der Waals surface area contributed by atoms with Crippen molar-refractivity contribution >= 4 is 6.03 Å². The first-order valence-corrected chi connectivity index (χ1v) is 8.16. The minimum Gasteiger partial charge on any atom is -0.504 e. The Labute approximate surface area is 155 Å². The normalized spacial score (nSPS) is 12.4. The second-order valence-corrected chi connectivity index (χ2v) is 6.16. The third-order valence-corrected chi connectivity index (χ3v) is 4.06. The van der Waals surface area contributed by atoms with E-state index < -0.39 is 23.8 Å². The maximum Gasteiger partial charge on any atom is 0.416 e. The van der Waals surface area contributed by atoms with Crippen molar-refractivity contribution in [3.63, 3.8) is 0 Å². The number of urea groups is 1. The molecular formula is C19H21F3N2O3. The molecule has 0 saturated heterocycles. The number of rotatable bonds is 5. The van der Waals surface area contributed by atoms with Crippen LogP contribution in [0.1, 0.15) is 29.7 Å². The maximum absolute atomic E-state index is 12.8. The molecule has 0 aromatic heterocycles. The summed E-state index contributed by atoms with van der Waals surface area (Å²) in [6, 6.07) is 8.57. The molecular weight excluding hydrogens is 361 g/mol. The summed E-state index contributed by atoms with van der Waals surface area (Å²) in [7, 11) is 2.99. The molecule has 0 aliphatic carbocycles. The Morgan fingerprint density at radius 3 is 2.56 bits per heavy atom. The van der Waals surface area contributed by atoms with Gasteiger partial charge >= 0.3 is 12.2 Å². The molecule has 0 bridgehead atoms. The number of halogens is 3. The number of phenolic OH excluding ortho intramolecular Hbond substituents is 1. The lowest BCUT2D eigenvalue weighted by Crippen LogP contribution is -2.38. The van der Waals surface area contributed by atoms with Gasteiger partial charge in [-0.1, -0.05) is 18.2 Å². The number of hydrogen-bond donors (Lipinski definition) is 2. The first kappa shape index (κ1) is 20.4. The Balaban J connectivity index is 2.02. The quantitative estimate of drug-likeness (QED) is 0.810. The van der Waals surface area contributed by atoms with E-state index in [4.69, 9.17) is 4.74 Å². The summed E-state index contributed by atoms with van der Waals surface area (Å²) in [4.78, 5) is 13.7. The van der Waals surface area contributed by atoms with E-state index in [9.17, 15) is 23.1 Å². The second kappa shape index (κ2) is 8.20. The van der Waals surface area contributed by atoms with Crippen molar-refractivity contribution < 1.29 is 27.8 Å². The lowest BCUT2D eigenvalue weighted by Gasteiger charge is -2.22. The van der Waals surface area contributed by atoms with Gasteiger partial charge in [0.15, 0.2) is 11.5 Å². The van der Waals surface area contributed by atoms with Crippen LogP contribution in [0.2, 0.25) is 0 Å². The predicted molar refractivity (Wildman–Crippen MR) is 94.5 cm³/mol. The highest BCUT2D eigenvalue weighted by atomic mass is 19.4. The van der Waals surface area contributed by atoms with Gasteiger partial charge in [0.25, 0.3) is 0 Å². The number of phenols is 1. The van der Waals surface area contributed by atoms with Crippen molar-refractivity contribution in [1.29, 1.82) is 0 Å². The number of amides is 2. The van der Waals surface area contributed by atoms with Crippen LogP contribution in [0.3, 0.4) is 0 Å². The zero-order chi connectivity index (χ0) is 20.2. The van der Waals surface area contributed by atoms with Crippen LogP contribution in [0.5, 0.6) is 11.5 Å². The summed E-state index contributed by atoms with van der Waals surface area (Å²) in [5, 5.41) is 12.5. The van der Waals surface area contributed by atoms with Gasteiger partial charge in [0.2, 0.25) is 0 Å². The summed E-state index contributed by atoms with van der Waals surface area (Å²) in [5.74, 6) is 0.283. The summed E-state index contributed by atoms with van der Waals surface area (Å²) in [6.07, 6.45) is -4.44. The van der Waals surface area contributed by atoms with Crippen molar-refractivity contribution in [3.05, 3.63) is 59.2 Å². The molecule has 0 aliphatic heterocycles. The molecule has 0 fully saturated rings. The second-order valence-electron chi connectivity index (χ2n) is 6.16. The van der Waals surface area contributed by atoms with Crippen molar-refractivity contribution in [2.24, 2.45) is 0 Å². The first-order valence-electron chi connectivity index (χ1n) is 8.16. The highest BCUT2D eigenvalue weighted by Gasteiger charge is 2.30. The average Bonchev–Trinajstić information content (AvgIpc) is 2.61. The standard InChI is InChI=1S/C19H21F3N2O3/c1-12(14-5-4-6-15(10-14)19(20,21)22)23-18(26)24(2)11-13-7-8-17(27-3)16(25)9-13/h4-10,12,25H,11H2,1-3H3,(H,23,26). The van der Waals surface area contributed by atoms with E-state index >= 15 is 0 Å². The molecule has 1 atom stereocenters. The van der Waals surface area contributed by atoms with E-state index in [1.807, 2.05) is 0 Å². The molecule has 2 N–H and O–H groups in total. The molecule has 5 nitrogen and oxygen atoms in total. The van der Waals surface area contributed by atoms with Gasteiger partial charge in [-0.15, -0.1) is 0 Å². The molecule has 1 unspecified atom stereocenters. The number of nitrogens with one attached hydrogen (secondary N) is 1. The van der Waals surface area contributed by atoms with Gasteiger partial charge in [0, 0.05) is 13.6 Å². The molecule has 0 spiro atoms. The number of carbonyl (C=O) groups is 1. The Morgan fingerprint density at radius 1 is 1.26 bits per heavy atom. The van der Waals surface area contributed by atoms with E-state index in [0.29, 0.717) is 16.9 Å². The van der Waals surface area contributed by atoms with Crippen molar-refractivity contribution in [2.45, 2.75) is 25.7 Å². The molecule has 0 heterocycles. The number of ether oxygens (including phenoxy) is 1. The van der Waals surface area contributed by atoms with Crippen molar-refractivity contribution in [1.82, 2.24) is 10.2 Å². The minimum absolute atomic E-state index is 0.0406. The van der Waals surface area contributed by atoms with Gasteiger partial charge in [0.05, 0.1) is 18.7 Å². The summed E-state index contributed by atoms with van der Waals surface area (Å²) in [6.45, 7) is 1.82. The Bertz CT molecular complexity index is 809. The van der Waals surface area contributed by atoms with Crippen molar-refractivity contribution in [3.8, 4) is 11.5 Å². The Kier molecular flexibility index (Phi) is 6.20. The molecule has 2 rings (SSSR count). The minimum atomic E-state index is -4.44. The number of methoxy groups -OCH3 is 1. The lowest BCUT2D eigenvalue weighted by atomic mass is 10.1. The van der Waals surface area contributed by atoms with Gasteiger partial charge in [-0.2, -0.15) is 13.2 Å². The van der Waals surface area contributed by atoms with Crippen LogP contribution in [-0.2, 0) is 12.7 Å². The highest BCUT2D eigenvalue weighted by Crippen LogP contribution is 2.31. The third-order valence-electron chi connectivity index (χ3n) is 4.06. The monoisotopic (exact) mass is 382 g/mol.